The molecule has 2 N–H and O–H groups in total. The number of aryl methyl sites for hydroxylation is 1. The Balaban J connectivity index is 1.61. The molecule has 2 fully saturated rings. The first-order valence-corrected chi connectivity index (χ1v) is 9.77. The molecular weight excluding hydrogens is 358 g/mol. The van der Waals surface area contributed by atoms with Crippen molar-refractivity contribution in [3.05, 3.63) is 29.8 Å². The number of carbonyl (C=O) groups is 3. The Morgan fingerprint density at radius 3 is 2.57 bits per heavy atom. The molecule has 2 aliphatic rings. The number of para-hydroxylation sites is 1. The SMILES string of the molecule is Cc1ccccc1NC(=O)C[C@H]1C(=O)NCCN1C(=O)CN1CCN(C)CC1. The fourth-order valence-electron chi connectivity index (χ4n) is 3.59. The van der Waals surface area contributed by atoms with E-state index in [-0.39, 0.29) is 30.7 Å². The zero-order valence-electron chi connectivity index (χ0n) is 16.6. The van der Waals surface area contributed by atoms with Crippen LogP contribution in [0.25, 0.3) is 0 Å². The molecular formula is C20H29N5O3. The lowest BCUT2D eigenvalue weighted by Crippen LogP contribution is -2.60. The van der Waals surface area contributed by atoms with Crippen molar-refractivity contribution in [3.63, 3.8) is 0 Å². The second-order valence-electron chi connectivity index (χ2n) is 7.54. The minimum absolute atomic E-state index is 0.0470. The van der Waals surface area contributed by atoms with Crippen molar-refractivity contribution in [1.29, 1.82) is 0 Å². The Bertz CT molecular complexity index is 730. The van der Waals surface area contributed by atoms with Gasteiger partial charge in [-0.25, -0.2) is 0 Å². The molecule has 0 bridgehead atoms. The average Bonchev–Trinajstić information content (AvgIpc) is 2.67. The Hall–Kier alpha value is -2.45. The molecule has 3 rings (SSSR count). The molecule has 8 nitrogen and oxygen atoms in total. The third-order valence-electron chi connectivity index (χ3n) is 5.40. The number of hydrogen-bond donors (Lipinski definition) is 2. The molecule has 0 aromatic heterocycles. The van der Waals surface area contributed by atoms with Crippen LogP contribution in [0.1, 0.15) is 12.0 Å². The minimum Gasteiger partial charge on any atom is -0.353 e. The first-order chi connectivity index (χ1) is 13.4. The van der Waals surface area contributed by atoms with Crippen LogP contribution in [0, 0.1) is 6.92 Å². The molecule has 0 unspecified atom stereocenters. The molecule has 0 aliphatic carbocycles. The largest absolute Gasteiger partial charge is 0.353 e. The third kappa shape index (κ3) is 5.08. The number of amides is 3. The van der Waals surface area contributed by atoms with E-state index in [0.717, 1.165) is 37.4 Å². The normalized spacial score (nSPS) is 21.3. The molecule has 2 saturated heterocycles. The lowest BCUT2D eigenvalue weighted by atomic mass is 10.1. The molecule has 0 radical (unpaired) electrons. The van der Waals surface area contributed by atoms with Gasteiger partial charge < -0.3 is 20.4 Å². The van der Waals surface area contributed by atoms with Crippen LogP contribution < -0.4 is 10.6 Å². The van der Waals surface area contributed by atoms with Gasteiger partial charge in [0.05, 0.1) is 13.0 Å². The molecule has 1 aromatic carbocycles. The Kier molecular flexibility index (Phi) is 6.64. The van der Waals surface area contributed by atoms with Gasteiger partial charge in [0.15, 0.2) is 0 Å². The number of nitrogens with zero attached hydrogens (tertiary/aromatic N) is 3. The van der Waals surface area contributed by atoms with Crippen LogP contribution in [-0.4, -0.2) is 91.3 Å². The summed E-state index contributed by atoms with van der Waals surface area (Å²) < 4.78 is 0. The second kappa shape index (κ2) is 9.16. The summed E-state index contributed by atoms with van der Waals surface area (Å²) in [4.78, 5) is 43.7. The first kappa shape index (κ1) is 20.3. The number of rotatable bonds is 5. The summed E-state index contributed by atoms with van der Waals surface area (Å²) in [5.41, 5.74) is 1.67. The molecule has 28 heavy (non-hydrogen) atoms. The van der Waals surface area contributed by atoms with E-state index in [1.807, 2.05) is 31.2 Å². The zero-order chi connectivity index (χ0) is 20.1. The highest BCUT2D eigenvalue weighted by Gasteiger charge is 2.35. The lowest BCUT2D eigenvalue weighted by molar-refractivity contribution is -0.145. The minimum atomic E-state index is -0.766. The molecule has 1 atom stereocenters. The quantitative estimate of drug-likeness (QED) is 0.737. The number of carbonyl (C=O) groups excluding carboxylic acids is 3. The number of piperazine rings is 2. The van der Waals surface area contributed by atoms with Gasteiger partial charge in [-0.05, 0) is 25.6 Å². The van der Waals surface area contributed by atoms with Crippen LogP contribution in [0.3, 0.4) is 0 Å². The van der Waals surface area contributed by atoms with Crippen molar-refractivity contribution in [2.75, 3.05) is 58.2 Å². The number of likely N-dealkylation sites (N-methyl/N-ethyl adjacent to an activating group) is 1. The van der Waals surface area contributed by atoms with E-state index in [1.165, 1.54) is 0 Å². The van der Waals surface area contributed by atoms with Gasteiger partial charge in [-0.1, -0.05) is 18.2 Å². The Morgan fingerprint density at radius 1 is 1.14 bits per heavy atom. The summed E-state index contributed by atoms with van der Waals surface area (Å²) in [5, 5.41) is 5.62. The van der Waals surface area contributed by atoms with E-state index in [4.69, 9.17) is 0 Å². The lowest BCUT2D eigenvalue weighted by Gasteiger charge is -2.37. The molecule has 0 saturated carbocycles. The van der Waals surface area contributed by atoms with Gasteiger partial charge in [0.2, 0.25) is 17.7 Å². The highest BCUT2D eigenvalue weighted by Crippen LogP contribution is 2.16. The topological polar surface area (TPSA) is 85.0 Å². The predicted molar refractivity (Wildman–Crippen MR) is 107 cm³/mol. The summed E-state index contributed by atoms with van der Waals surface area (Å²) in [7, 11) is 2.07. The van der Waals surface area contributed by atoms with Crippen molar-refractivity contribution >= 4 is 23.4 Å². The van der Waals surface area contributed by atoms with Gasteiger partial charge in [0.25, 0.3) is 0 Å². The van der Waals surface area contributed by atoms with Gasteiger partial charge >= 0.3 is 0 Å². The van der Waals surface area contributed by atoms with Gasteiger partial charge in [0.1, 0.15) is 6.04 Å². The van der Waals surface area contributed by atoms with Crippen LogP contribution in [-0.2, 0) is 14.4 Å². The Morgan fingerprint density at radius 2 is 1.86 bits per heavy atom. The van der Waals surface area contributed by atoms with E-state index in [0.29, 0.717) is 13.1 Å². The monoisotopic (exact) mass is 387 g/mol. The maximum absolute atomic E-state index is 12.9. The van der Waals surface area contributed by atoms with Crippen LogP contribution in [0.2, 0.25) is 0 Å². The van der Waals surface area contributed by atoms with E-state index in [1.54, 1.807) is 4.90 Å². The summed E-state index contributed by atoms with van der Waals surface area (Å²) in [6.07, 6.45) is -0.0470. The second-order valence-corrected chi connectivity index (χ2v) is 7.54. The van der Waals surface area contributed by atoms with Crippen LogP contribution in [0.15, 0.2) is 24.3 Å². The van der Waals surface area contributed by atoms with Crippen molar-refractivity contribution < 1.29 is 14.4 Å². The van der Waals surface area contributed by atoms with E-state index in [9.17, 15) is 14.4 Å². The Labute approximate surface area is 165 Å². The fourth-order valence-corrected chi connectivity index (χ4v) is 3.59. The molecule has 2 aliphatic heterocycles. The van der Waals surface area contributed by atoms with Crippen LogP contribution >= 0.6 is 0 Å². The van der Waals surface area contributed by atoms with Crippen molar-refractivity contribution in [2.45, 2.75) is 19.4 Å². The molecule has 152 valence electrons. The van der Waals surface area contributed by atoms with Gasteiger partial charge in [0, 0.05) is 45.0 Å². The van der Waals surface area contributed by atoms with Crippen LogP contribution in [0.5, 0.6) is 0 Å². The zero-order valence-corrected chi connectivity index (χ0v) is 16.6. The molecule has 3 amide bonds. The number of benzene rings is 1. The fraction of sp³-hybridized carbons (Fsp3) is 0.550. The standard InChI is InChI=1S/C20H29N5O3/c1-15-5-3-4-6-16(15)22-18(26)13-17-20(28)21-7-8-25(17)19(27)14-24-11-9-23(2)10-12-24/h3-6,17H,7-14H2,1-2H3,(H,21,28)(H,22,26)/t17-/m0/s1. The smallest absolute Gasteiger partial charge is 0.243 e. The highest BCUT2D eigenvalue weighted by atomic mass is 16.2. The van der Waals surface area contributed by atoms with Gasteiger partial charge in [-0.2, -0.15) is 0 Å². The molecule has 0 spiro atoms. The van der Waals surface area contributed by atoms with Crippen molar-refractivity contribution in [2.24, 2.45) is 0 Å². The summed E-state index contributed by atoms with van der Waals surface area (Å²) in [6.45, 7) is 6.57. The first-order valence-electron chi connectivity index (χ1n) is 9.77. The number of anilines is 1. The summed E-state index contributed by atoms with van der Waals surface area (Å²) >= 11 is 0. The van der Waals surface area contributed by atoms with E-state index >= 15 is 0 Å². The average molecular weight is 387 g/mol. The van der Waals surface area contributed by atoms with E-state index < -0.39 is 6.04 Å². The maximum Gasteiger partial charge on any atom is 0.243 e. The summed E-state index contributed by atoms with van der Waals surface area (Å²) in [6, 6.07) is 6.72. The van der Waals surface area contributed by atoms with Gasteiger partial charge in [-0.15, -0.1) is 0 Å². The number of nitrogens with one attached hydrogen (secondary N) is 2. The summed E-state index contributed by atoms with van der Waals surface area (Å²) in [5.74, 6) is -0.625. The van der Waals surface area contributed by atoms with Crippen LogP contribution in [0.4, 0.5) is 5.69 Å². The van der Waals surface area contributed by atoms with Crippen molar-refractivity contribution in [3.8, 4) is 0 Å². The number of hydrogen-bond acceptors (Lipinski definition) is 5. The van der Waals surface area contributed by atoms with E-state index in [2.05, 4.69) is 27.5 Å². The highest BCUT2D eigenvalue weighted by molar-refractivity contribution is 5.98. The van der Waals surface area contributed by atoms with Crippen molar-refractivity contribution in [1.82, 2.24) is 20.0 Å². The third-order valence-corrected chi connectivity index (χ3v) is 5.40. The predicted octanol–water partition coefficient (Wildman–Crippen LogP) is -0.102. The molecule has 8 heteroatoms. The maximum atomic E-state index is 12.9. The van der Waals surface area contributed by atoms with Gasteiger partial charge in [-0.3, -0.25) is 19.3 Å². The molecule has 1 aromatic rings. The molecule has 2 heterocycles.